The van der Waals surface area contributed by atoms with Crippen molar-refractivity contribution in [1.29, 1.82) is 0 Å². The number of thiophene rings is 1. The fraction of sp³-hybridized carbons (Fsp3) is 0.571. The van der Waals surface area contributed by atoms with Crippen LogP contribution in [-0.4, -0.2) is 53.6 Å². The molecule has 0 aromatic carbocycles. The van der Waals surface area contributed by atoms with Gasteiger partial charge in [-0.2, -0.15) is 0 Å². The Morgan fingerprint density at radius 3 is 2.68 bits per heavy atom. The van der Waals surface area contributed by atoms with Crippen LogP contribution in [0, 0.1) is 6.92 Å². The van der Waals surface area contributed by atoms with Crippen LogP contribution < -0.4 is 4.90 Å². The third kappa shape index (κ3) is 3.10. The lowest BCUT2D eigenvalue weighted by atomic mass is 9.85. The highest BCUT2D eigenvalue weighted by Gasteiger charge is 2.43. The van der Waals surface area contributed by atoms with Crippen molar-refractivity contribution in [2.24, 2.45) is 0 Å². The van der Waals surface area contributed by atoms with Gasteiger partial charge in [0.05, 0.1) is 11.5 Å². The van der Waals surface area contributed by atoms with Crippen LogP contribution in [0.5, 0.6) is 0 Å². The Balaban J connectivity index is 1.37. The van der Waals surface area contributed by atoms with Crippen molar-refractivity contribution in [3.05, 3.63) is 39.5 Å². The Labute approximate surface area is 169 Å². The maximum Gasteiger partial charge on any atom is 0.263 e. The lowest BCUT2D eigenvalue weighted by Crippen LogP contribution is -2.46. The van der Waals surface area contributed by atoms with Crippen LogP contribution in [0.3, 0.4) is 0 Å². The van der Waals surface area contributed by atoms with Gasteiger partial charge in [-0.05, 0) is 50.7 Å². The minimum absolute atomic E-state index is 0.209. The summed E-state index contributed by atoms with van der Waals surface area (Å²) in [4.78, 5) is 28.0. The number of aromatic nitrogens is 2. The molecule has 0 bridgehead atoms. The van der Waals surface area contributed by atoms with E-state index in [2.05, 4.69) is 20.9 Å². The van der Waals surface area contributed by atoms with Crippen molar-refractivity contribution < 1.29 is 9.53 Å². The normalized spacial score (nSPS) is 21.2. The van der Waals surface area contributed by atoms with Crippen molar-refractivity contribution in [2.75, 3.05) is 37.7 Å². The number of anilines is 1. The van der Waals surface area contributed by atoms with Crippen LogP contribution in [0.2, 0.25) is 0 Å². The zero-order valence-corrected chi connectivity index (χ0v) is 17.1. The van der Waals surface area contributed by atoms with Gasteiger partial charge >= 0.3 is 0 Å². The lowest BCUT2D eigenvalue weighted by molar-refractivity contribution is -0.0735. The molecule has 2 aromatic rings. The summed E-state index contributed by atoms with van der Waals surface area (Å²) in [5.74, 6) is 1.20. The minimum atomic E-state index is -0.236. The highest BCUT2D eigenvalue weighted by molar-refractivity contribution is 7.14. The number of amides is 1. The largest absolute Gasteiger partial charge is 0.369 e. The number of aryl methyl sites for hydroxylation is 1. The number of nitrogens with zero attached hydrogens (tertiary/aromatic N) is 4. The Morgan fingerprint density at radius 2 is 1.93 bits per heavy atom. The van der Waals surface area contributed by atoms with Crippen LogP contribution in [-0.2, 0) is 16.8 Å². The highest BCUT2D eigenvalue weighted by Crippen LogP contribution is 2.46. The van der Waals surface area contributed by atoms with Crippen molar-refractivity contribution in [2.45, 2.75) is 44.6 Å². The molecule has 148 valence electrons. The van der Waals surface area contributed by atoms with Gasteiger partial charge in [-0.25, -0.2) is 9.97 Å². The molecular formula is C21H26N4O2S. The summed E-state index contributed by atoms with van der Waals surface area (Å²) >= 11 is 1.67. The number of fused-ring (bicyclic) bond motifs is 2. The Morgan fingerprint density at radius 1 is 1.14 bits per heavy atom. The van der Waals surface area contributed by atoms with Gasteiger partial charge < -0.3 is 14.5 Å². The average molecular weight is 399 g/mol. The van der Waals surface area contributed by atoms with Gasteiger partial charge in [0.15, 0.2) is 0 Å². The first-order chi connectivity index (χ1) is 13.6. The molecule has 7 heteroatoms. The second kappa shape index (κ2) is 7.12. The Kier molecular flexibility index (Phi) is 4.59. The van der Waals surface area contributed by atoms with Crippen molar-refractivity contribution >= 4 is 23.1 Å². The summed E-state index contributed by atoms with van der Waals surface area (Å²) in [5.41, 5.74) is 2.08. The van der Waals surface area contributed by atoms with Gasteiger partial charge in [0.1, 0.15) is 17.7 Å². The molecular weight excluding hydrogens is 372 g/mol. The second-order valence-corrected chi connectivity index (χ2v) is 9.11. The molecule has 2 fully saturated rings. The highest BCUT2D eigenvalue weighted by atomic mass is 32.1. The van der Waals surface area contributed by atoms with Gasteiger partial charge in [-0.3, -0.25) is 4.79 Å². The number of hydrogen-bond acceptors (Lipinski definition) is 6. The van der Waals surface area contributed by atoms with E-state index in [0.717, 1.165) is 81.3 Å². The predicted molar refractivity (Wildman–Crippen MR) is 109 cm³/mol. The van der Waals surface area contributed by atoms with E-state index in [9.17, 15) is 4.79 Å². The number of carbonyl (C=O) groups is 1. The smallest absolute Gasteiger partial charge is 0.263 e. The van der Waals surface area contributed by atoms with Gasteiger partial charge in [0.25, 0.3) is 5.91 Å². The summed E-state index contributed by atoms with van der Waals surface area (Å²) in [5, 5.41) is 0. The van der Waals surface area contributed by atoms with Crippen LogP contribution in [0.15, 0.2) is 18.5 Å². The maximum absolute atomic E-state index is 12.9. The first kappa shape index (κ1) is 18.1. The molecule has 0 unspecified atom stereocenters. The molecule has 0 saturated carbocycles. The number of likely N-dealkylation sites (tertiary alicyclic amines) is 1. The summed E-state index contributed by atoms with van der Waals surface area (Å²) < 4.78 is 6.39. The molecule has 0 atom stereocenters. The van der Waals surface area contributed by atoms with Crippen LogP contribution >= 0.6 is 11.3 Å². The van der Waals surface area contributed by atoms with E-state index in [1.165, 1.54) is 10.4 Å². The fourth-order valence-corrected chi connectivity index (χ4v) is 6.06. The average Bonchev–Trinajstić information content (AvgIpc) is 3.39. The van der Waals surface area contributed by atoms with Crippen molar-refractivity contribution in [3.63, 3.8) is 0 Å². The van der Waals surface area contributed by atoms with Crippen LogP contribution in [0.4, 0.5) is 5.82 Å². The fourth-order valence-electron chi connectivity index (χ4n) is 4.69. The first-order valence-electron chi connectivity index (χ1n) is 10.2. The summed E-state index contributed by atoms with van der Waals surface area (Å²) in [6.07, 6.45) is 6.67. The Hall–Kier alpha value is -1.99. The molecule has 1 amide bonds. The van der Waals surface area contributed by atoms with E-state index in [1.807, 2.05) is 17.9 Å². The topological polar surface area (TPSA) is 58.6 Å². The van der Waals surface area contributed by atoms with Crippen molar-refractivity contribution in [1.82, 2.24) is 14.9 Å². The Bertz CT molecular complexity index is 882. The van der Waals surface area contributed by atoms with E-state index in [0.29, 0.717) is 0 Å². The lowest BCUT2D eigenvalue weighted by Gasteiger charge is -2.44. The van der Waals surface area contributed by atoms with Crippen molar-refractivity contribution in [3.8, 4) is 0 Å². The molecule has 3 aliphatic rings. The SMILES string of the molecule is Cc1cc(N2CCC3(CC2)OCCc2cc(C(=O)N4CCCC4)sc23)ncn1. The van der Waals surface area contributed by atoms with Gasteiger partial charge in [-0.15, -0.1) is 11.3 Å². The molecule has 5 heterocycles. The zero-order valence-electron chi connectivity index (χ0n) is 16.3. The quantitative estimate of drug-likeness (QED) is 0.778. The van der Waals surface area contributed by atoms with Gasteiger partial charge in [0.2, 0.25) is 0 Å². The van der Waals surface area contributed by atoms with Crippen LogP contribution in [0.25, 0.3) is 0 Å². The van der Waals surface area contributed by atoms with E-state index >= 15 is 0 Å². The number of hydrogen-bond donors (Lipinski definition) is 0. The minimum Gasteiger partial charge on any atom is -0.369 e. The molecule has 5 rings (SSSR count). The predicted octanol–water partition coefficient (Wildman–Crippen LogP) is 3.15. The monoisotopic (exact) mass is 398 g/mol. The first-order valence-corrected chi connectivity index (χ1v) is 11.1. The van der Waals surface area contributed by atoms with Gasteiger partial charge in [0, 0.05) is 42.8 Å². The molecule has 28 heavy (non-hydrogen) atoms. The molecule has 3 aliphatic heterocycles. The number of carbonyl (C=O) groups excluding carboxylic acids is 1. The third-order valence-electron chi connectivity index (χ3n) is 6.26. The summed E-state index contributed by atoms with van der Waals surface area (Å²) in [6, 6.07) is 4.19. The molecule has 2 saturated heterocycles. The van der Waals surface area contributed by atoms with E-state index in [-0.39, 0.29) is 11.5 Å². The van der Waals surface area contributed by atoms with E-state index < -0.39 is 0 Å². The van der Waals surface area contributed by atoms with E-state index in [1.54, 1.807) is 17.7 Å². The standard InChI is InChI=1S/C21H26N4O2S/c1-15-12-18(23-14-22-15)24-9-5-21(6-10-24)19-16(4-11-27-21)13-17(28-19)20(26)25-7-2-3-8-25/h12-14H,2-11H2,1H3. The molecule has 0 aliphatic carbocycles. The van der Waals surface area contributed by atoms with E-state index in [4.69, 9.17) is 4.74 Å². The molecule has 1 spiro atoms. The number of ether oxygens (including phenoxy) is 1. The van der Waals surface area contributed by atoms with Crippen LogP contribution in [0.1, 0.15) is 51.5 Å². The summed E-state index contributed by atoms with van der Waals surface area (Å²) in [6.45, 7) is 6.35. The third-order valence-corrected chi connectivity index (χ3v) is 7.61. The molecule has 0 radical (unpaired) electrons. The van der Waals surface area contributed by atoms with Gasteiger partial charge in [-0.1, -0.05) is 0 Å². The second-order valence-electron chi connectivity index (χ2n) is 8.06. The number of piperidine rings is 1. The summed E-state index contributed by atoms with van der Waals surface area (Å²) in [7, 11) is 0. The molecule has 2 aromatic heterocycles. The molecule has 0 N–H and O–H groups in total. The maximum atomic E-state index is 12.9. The molecule has 6 nitrogen and oxygen atoms in total. The zero-order chi connectivity index (χ0) is 19.1. The number of rotatable bonds is 2.